The van der Waals surface area contributed by atoms with Crippen LogP contribution >= 0.6 is 0 Å². The van der Waals surface area contributed by atoms with Crippen molar-refractivity contribution >= 4 is 0 Å². The Morgan fingerprint density at radius 1 is 1.14 bits per heavy atom. The van der Waals surface area contributed by atoms with Crippen LogP contribution in [0, 0.1) is 6.67 Å². The fourth-order valence-electron chi connectivity index (χ4n) is 0.0693. The Morgan fingerprint density at radius 2 is 1.57 bits per heavy atom. The highest BCUT2D eigenvalue weighted by atomic mass is 15.2. The fraction of sp³-hybridized carbons (Fsp3) is 0. The summed E-state index contributed by atoms with van der Waals surface area (Å²) < 4.78 is 0. The molecule has 0 unspecified atom stereocenters. The summed E-state index contributed by atoms with van der Waals surface area (Å²) in [6.45, 7) is 0.778. The summed E-state index contributed by atoms with van der Waals surface area (Å²) in [5.74, 6) is 0. The molecule has 0 heterocycles. The predicted octanol–water partition coefficient (Wildman–Crippen LogP) is 1.73. The molecule has 7 heavy (non-hydrogen) atoms. The maximum atomic E-state index is 7.54. The number of rotatable bonds is 2. The van der Waals surface area contributed by atoms with Gasteiger partial charge in [0, 0.05) is 9.82 Å². The molecule has 1 radical (unpaired) electrons. The highest BCUT2D eigenvalue weighted by Gasteiger charge is 1.63. The van der Waals surface area contributed by atoms with Crippen LogP contribution in [-0.2, 0) is 0 Å². The van der Waals surface area contributed by atoms with Crippen molar-refractivity contribution in [2.24, 2.45) is 10.2 Å². The molecule has 0 spiro atoms. The van der Waals surface area contributed by atoms with Gasteiger partial charge in [0.25, 0.3) is 0 Å². The van der Waals surface area contributed by atoms with Crippen molar-refractivity contribution in [3.8, 4) is 0 Å². The smallest absolute Gasteiger partial charge is 0.0840 e. The molecule has 6 heteroatoms. The minimum atomic E-state index is 0.778. The van der Waals surface area contributed by atoms with Gasteiger partial charge in [0.15, 0.2) is 0 Å². The molecular formula is CHN6. The van der Waals surface area contributed by atoms with E-state index in [1.54, 1.807) is 0 Å². The van der Waals surface area contributed by atoms with Gasteiger partial charge in [0.2, 0.25) is 0 Å². The molecule has 0 amide bonds. The Morgan fingerprint density at radius 3 is 1.86 bits per heavy atom. The normalized spacial score (nSPS) is 5.71. The van der Waals surface area contributed by atoms with Gasteiger partial charge in [-0.2, -0.15) is 0 Å². The standard InChI is InChI=1S/CHN6/c2-6-4-1-5-7-3/h1H. The zero-order chi connectivity index (χ0) is 5.54. The zero-order valence-corrected chi connectivity index (χ0v) is 3.26. The number of hydrogen-bond donors (Lipinski definition) is 0. The third-order valence-electron chi connectivity index (χ3n) is 0.207. The minimum absolute atomic E-state index is 0.778. The van der Waals surface area contributed by atoms with Gasteiger partial charge in [0.1, 0.15) is 6.67 Å². The van der Waals surface area contributed by atoms with Crippen LogP contribution in [0.2, 0.25) is 0 Å². The molecule has 0 N–H and O–H groups in total. The Balaban J connectivity index is 3.33. The molecular weight excluding hydrogens is 96.1 g/mol. The second-order valence-corrected chi connectivity index (χ2v) is 0.525. The Hall–Kier alpha value is -1.38. The summed E-state index contributed by atoms with van der Waals surface area (Å²) in [7, 11) is 0. The number of azide groups is 1. The quantitative estimate of drug-likeness (QED) is 0.285. The van der Waals surface area contributed by atoms with Gasteiger partial charge in [0.05, 0.1) is 0 Å². The lowest BCUT2D eigenvalue weighted by Gasteiger charge is -1.61. The lowest BCUT2D eigenvalue weighted by molar-refractivity contribution is 1.19. The van der Waals surface area contributed by atoms with Crippen LogP contribution in [0.4, 0.5) is 0 Å². The molecule has 0 aliphatic carbocycles. The van der Waals surface area contributed by atoms with Crippen LogP contribution in [0.25, 0.3) is 20.9 Å². The maximum Gasteiger partial charge on any atom is 0.130 e. The second-order valence-electron chi connectivity index (χ2n) is 0.525. The van der Waals surface area contributed by atoms with E-state index in [9.17, 15) is 0 Å². The van der Waals surface area contributed by atoms with Crippen molar-refractivity contribution in [3.05, 3.63) is 27.6 Å². The summed E-state index contributed by atoms with van der Waals surface area (Å²) >= 11 is 0. The van der Waals surface area contributed by atoms with Crippen molar-refractivity contribution in [2.45, 2.75) is 0 Å². The van der Waals surface area contributed by atoms with E-state index in [1.807, 2.05) is 0 Å². The van der Waals surface area contributed by atoms with Crippen molar-refractivity contribution in [1.82, 2.24) is 0 Å². The first-order chi connectivity index (χ1) is 3.41. The number of nitrogens with zero attached hydrogens (tertiary/aromatic N) is 6. The molecule has 0 aromatic rings. The van der Waals surface area contributed by atoms with Gasteiger partial charge >= 0.3 is 0 Å². The first kappa shape index (κ1) is 5.62. The SMILES string of the molecule is [N-]=[N+]=N[CH]N=[N+]=[N-]. The molecule has 0 rings (SSSR count). The molecule has 0 aliphatic heterocycles. The first-order valence-electron chi connectivity index (χ1n) is 1.32. The van der Waals surface area contributed by atoms with Gasteiger partial charge < -0.3 is 0 Å². The summed E-state index contributed by atoms with van der Waals surface area (Å²) in [6, 6.07) is 0. The van der Waals surface area contributed by atoms with E-state index in [2.05, 4.69) is 20.1 Å². The molecule has 6 nitrogen and oxygen atoms in total. The molecule has 0 aromatic carbocycles. The van der Waals surface area contributed by atoms with Crippen LogP contribution < -0.4 is 0 Å². The van der Waals surface area contributed by atoms with E-state index < -0.39 is 0 Å². The monoisotopic (exact) mass is 97.0 g/mol. The molecule has 0 aliphatic rings. The summed E-state index contributed by atoms with van der Waals surface area (Å²) in [4.78, 5) is 4.56. The Labute approximate surface area is 39.0 Å². The first-order valence-corrected chi connectivity index (χ1v) is 1.32. The third-order valence-corrected chi connectivity index (χ3v) is 0.207. The zero-order valence-electron chi connectivity index (χ0n) is 3.26. The highest BCUT2D eigenvalue weighted by Crippen LogP contribution is 1.79. The van der Waals surface area contributed by atoms with Gasteiger partial charge in [-0.1, -0.05) is 10.2 Å². The summed E-state index contributed by atoms with van der Waals surface area (Å²) in [5, 5.41) is 5.59. The summed E-state index contributed by atoms with van der Waals surface area (Å²) in [6.07, 6.45) is 0. The van der Waals surface area contributed by atoms with Crippen molar-refractivity contribution < 1.29 is 0 Å². The van der Waals surface area contributed by atoms with Crippen LogP contribution in [0.1, 0.15) is 0 Å². The van der Waals surface area contributed by atoms with Crippen molar-refractivity contribution in [3.63, 3.8) is 0 Å². The second kappa shape index (κ2) is 4.62. The molecule has 0 fully saturated rings. The fourth-order valence-corrected chi connectivity index (χ4v) is 0.0693. The molecule has 0 atom stereocenters. The minimum Gasteiger partial charge on any atom is -0.0840 e. The van der Waals surface area contributed by atoms with Crippen LogP contribution in [0.5, 0.6) is 0 Å². The van der Waals surface area contributed by atoms with Crippen molar-refractivity contribution in [2.75, 3.05) is 0 Å². The van der Waals surface area contributed by atoms with Crippen molar-refractivity contribution in [1.29, 1.82) is 0 Å². The molecule has 0 saturated carbocycles. The average Bonchev–Trinajstić information content (AvgIpc) is 1.69. The van der Waals surface area contributed by atoms with Crippen LogP contribution in [0.15, 0.2) is 10.2 Å². The van der Waals surface area contributed by atoms with E-state index in [4.69, 9.17) is 11.1 Å². The Bertz CT molecular complexity index is 107. The van der Waals surface area contributed by atoms with E-state index in [1.165, 1.54) is 0 Å². The van der Waals surface area contributed by atoms with Crippen LogP contribution in [0.3, 0.4) is 0 Å². The summed E-state index contributed by atoms with van der Waals surface area (Å²) in [5.41, 5.74) is 15.1. The number of hydrogen-bond acceptors (Lipinski definition) is 2. The van der Waals surface area contributed by atoms with E-state index in [-0.39, 0.29) is 0 Å². The van der Waals surface area contributed by atoms with E-state index >= 15 is 0 Å². The van der Waals surface area contributed by atoms with Gasteiger partial charge in [-0.15, -0.1) is 0 Å². The van der Waals surface area contributed by atoms with Gasteiger partial charge in [-0.3, -0.25) is 0 Å². The molecule has 35 valence electrons. The lowest BCUT2D eigenvalue weighted by atomic mass is 11.2. The average molecular weight is 97.1 g/mol. The predicted molar refractivity (Wildman–Crippen MR) is 22.6 cm³/mol. The third kappa shape index (κ3) is 4.62. The Kier molecular flexibility index (Phi) is 3.71. The van der Waals surface area contributed by atoms with Gasteiger partial charge in [-0.25, -0.2) is 0 Å². The highest BCUT2D eigenvalue weighted by molar-refractivity contribution is 4.57. The lowest BCUT2D eigenvalue weighted by Crippen LogP contribution is -1.46. The van der Waals surface area contributed by atoms with Gasteiger partial charge in [-0.05, 0) is 11.1 Å². The maximum absolute atomic E-state index is 7.54. The molecule has 0 bridgehead atoms. The van der Waals surface area contributed by atoms with E-state index in [0.717, 1.165) is 6.67 Å². The molecule has 0 saturated heterocycles. The molecule has 0 aromatic heterocycles. The largest absolute Gasteiger partial charge is 0.130 e. The van der Waals surface area contributed by atoms with E-state index in [0.29, 0.717) is 0 Å². The topological polar surface area (TPSA) is 97.5 Å². The van der Waals surface area contributed by atoms with Crippen LogP contribution in [-0.4, -0.2) is 0 Å².